The number of benzene rings is 2. The zero-order valence-corrected chi connectivity index (χ0v) is 16.6. The van der Waals surface area contributed by atoms with E-state index in [-0.39, 0.29) is 18.1 Å². The molecule has 0 aromatic heterocycles. The van der Waals surface area contributed by atoms with Crippen LogP contribution in [0.15, 0.2) is 48.5 Å². The zero-order valence-electron chi connectivity index (χ0n) is 16.6. The molecule has 0 aliphatic carbocycles. The Morgan fingerprint density at radius 2 is 1.85 bits per heavy atom. The zero-order chi connectivity index (χ0) is 19.2. The first-order chi connectivity index (χ1) is 13.0. The molecule has 0 saturated carbocycles. The molecule has 0 spiro atoms. The minimum Gasteiger partial charge on any atom is -0.493 e. The van der Waals surface area contributed by atoms with Gasteiger partial charge in [-0.3, -0.25) is 4.90 Å². The molecule has 1 aliphatic rings. The van der Waals surface area contributed by atoms with Crippen LogP contribution < -0.4 is 9.47 Å². The van der Waals surface area contributed by atoms with Crippen LogP contribution in [0.4, 0.5) is 0 Å². The second-order valence-electron chi connectivity index (χ2n) is 7.69. The Kier molecular flexibility index (Phi) is 6.75. The van der Waals surface area contributed by atoms with Crippen molar-refractivity contribution in [2.45, 2.75) is 45.4 Å². The molecule has 2 aromatic rings. The summed E-state index contributed by atoms with van der Waals surface area (Å²) in [5.74, 6) is 1.75. The number of rotatable bonds is 7. The molecule has 0 amide bonds. The molecular formula is C23H31NO3. The van der Waals surface area contributed by atoms with Crippen LogP contribution in [0.2, 0.25) is 0 Å². The average molecular weight is 370 g/mol. The Morgan fingerprint density at radius 3 is 2.56 bits per heavy atom. The van der Waals surface area contributed by atoms with Gasteiger partial charge in [0.05, 0.1) is 19.3 Å². The smallest absolute Gasteiger partial charge is 0.161 e. The normalized spacial score (nSPS) is 20.6. The van der Waals surface area contributed by atoms with Crippen LogP contribution in [0.5, 0.6) is 11.5 Å². The molecule has 2 unspecified atom stereocenters. The SMILES string of the molecule is COc1cc(CC2CN(Cc3ccccc3)CCC2O)ccc1OC(C)C. The Balaban J connectivity index is 1.66. The van der Waals surface area contributed by atoms with E-state index in [0.717, 1.165) is 44.0 Å². The Labute approximate surface area is 162 Å². The van der Waals surface area contributed by atoms with Crippen molar-refractivity contribution in [3.8, 4) is 11.5 Å². The Morgan fingerprint density at radius 1 is 1.07 bits per heavy atom. The monoisotopic (exact) mass is 369 g/mol. The number of nitrogens with zero attached hydrogens (tertiary/aromatic N) is 1. The van der Waals surface area contributed by atoms with E-state index in [1.165, 1.54) is 11.1 Å². The highest BCUT2D eigenvalue weighted by Crippen LogP contribution is 2.31. The number of likely N-dealkylation sites (tertiary alicyclic amines) is 1. The third-order valence-electron chi connectivity index (χ3n) is 5.12. The highest BCUT2D eigenvalue weighted by molar-refractivity contribution is 5.43. The van der Waals surface area contributed by atoms with Crippen molar-refractivity contribution in [1.82, 2.24) is 4.90 Å². The molecule has 146 valence electrons. The molecule has 27 heavy (non-hydrogen) atoms. The number of ether oxygens (including phenoxy) is 2. The van der Waals surface area contributed by atoms with Crippen molar-refractivity contribution < 1.29 is 14.6 Å². The summed E-state index contributed by atoms with van der Waals surface area (Å²) < 4.78 is 11.3. The number of aliphatic hydroxyl groups is 1. The van der Waals surface area contributed by atoms with Crippen molar-refractivity contribution >= 4 is 0 Å². The summed E-state index contributed by atoms with van der Waals surface area (Å²) in [7, 11) is 1.67. The fraction of sp³-hybridized carbons (Fsp3) is 0.478. The highest BCUT2D eigenvalue weighted by Gasteiger charge is 2.28. The van der Waals surface area contributed by atoms with Gasteiger partial charge in [0.15, 0.2) is 11.5 Å². The van der Waals surface area contributed by atoms with Crippen molar-refractivity contribution in [3.05, 3.63) is 59.7 Å². The minimum absolute atomic E-state index is 0.108. The quantitative estimate of drug-likeness (QED) is 0.804. The summed E-state index contributed by atoms with van der Waals surface area (Å²) in [5.41, 5.74) is 2.50. The predicted molar refractivity (Wildman–Crippen MR) is 108 cm³/mol. The fourth-order valence-electron chi connectivity index (χ4n) is 3.77. The molecule has 1 saturated heterocycles. The maximum absolute atomic E-state index is 10.5. The maximum Gasteiger partial charge on any atom is 0.161 e. The topological polar surface area (TPSA) is 41.9 Å². The van der Waals surface area contributed by atoms with Gasteiger partial charge in [-0.1, -0.05) is 36.4 Å². The number of methoxy groups -OCH3 is 1. The molecule has 0 bridgehead atoms. The van der Waals surface area contributed by atoms with Crippen LogP contribution in [-0.4, -0.2) is 42.4 Å². The van der Waals surface area contributed by atoms with E-state index in [0.29, 0.717) is 0 Å². The number of piperidine rings is 1. The summed E-state index contributed by atoms with van der Waals surface area (Å²) in [4.78, 5) is 2.44. The largest absolute Gasteiger partial charge is 0.493 e. The van der Waals surface area contributed by atoms with Gasteiger partial charge in [-0.05, 0) is 49.9 Å². The highest BCUT2D eigenvalue weighted by atomic mass is 16.5. The summed E-state index contributed by atoms with van der Waals surface area (Å²) in [6, 6.07) is 16.6. The van der Waals surface area contributed by atoms with Crippen molar-refractivity contribution in [1.29, 1.82) is 0 Å². The first kappa shape index (κ1) is 19.7. The molecule has 2 atom stereocenters. The Hall–Kier alpha value is -2.04. The van der Waals surface area contributed by atoms with E-state index in [1.54, 1.807) is 7.11 Å². The van der Waals surface area contributed by atoms with Crippen molar-refractivity contribution in [2.75, 3.05) is 20.2 Å². The molecule has 0 radical (unpaired) electrons. The standard InChI is InChI=1S/C23H31NO3/c1-17(2)27-22-10-9-19(14-23(22)26-3)13-20-16-24(12-11-21(20)25)15-18-7-5-4-6-8-18/h4-10,14,17,20-21,25H,11-13,15-16H2,1-3H3. The lowest BCUT2D eigenvalue weighted by atomic mass is 9.88. The number of hydrogen-bond acceptors (Lipinski definition) is 4. The van der Waals surface area contributed by atoms with Crippen LogP contribution >= 0.6 is 0 Å². The minimum atomic E-state index is -0.255. The lowest BCUT2D eigenvalue weighted by molar-refractivity contribution is 0.0239. The molecular weight excluding hydrogens is 338 g/mol. The van der Waals surface area contributed by atoms with E-state index >= 15 is 0 Å². The number of aliphatic hydroxyl groups excluding tert-OH is 1. The number of hydrogen-bond donors (Lipinski definition) is 1. The molecule has 1 fully saturated rings. The van der Waals surface area contributed by atoms with E-state index in [9.17, 15) is 5.11 Å². The molecule has 4 nitrogen and oxygen atoms in total. The van der Waals surface area contributed by atoms with Gasteiger partial charge in [-0.15, -0.1) is 0 Å². The predicted octanol–water partition coefficient (Wildman–Crippen LogP) is 3.91. The van der Waals surface area contributed by atoms with Gasteiger partial charge < -0.3 is 14.6 Å². The lowest BCUT2D eigenvalue weighted by Gasteiger charge is -2.36. The van der Waals surface area contributed by atoms with Gasteiger partial charge >= 0.3 is 0 Å². The molecule has 1 N–H and O–H groups in total. The van der Waals surface area contributed by atoms with Crippen LogP contribution in [-0.2, 0) is 13.0 Å². The summed E-state index contributed by atoms with van der Waals surface area (Å²) >= 11 is 0. The van der Waals surface area contributed by atoms with E-state index in [4.69, 9.17) is 9.47 Å². The van der Waals surface area contributed by atoms with Gasteiger partial charge in [-0.25, -0.2) is 0 Å². The molecule has 1 heterocycles. The van der Waals surface area contributed by atoms with E-state index in [2.05, 4.69) is 35.2 Å². The molecule has 1 aliphatic heterocycles. The Bertz CT molecular complexity index is 717. The van der Waals surface area contributed by atoms with Gasteiger partial charge in [0.2, 0.25) is 0 Å². The van der Waals surface area contributed by atoms with Crippen molar-refractivity contribution in [2.24, 2.45) is 5.92 Å². The van der Waals surface area contributed by atoms with E-state index in [1.807, 2.05) is 32.0 Å². The maximum atomic E-state index is 10.5. The summed E-state index contributed by atoms with van der Waals surface area (Å²) in [5, 5.41) is 10.5. The molecule has 3 rings (SSSR count). The summed E-state index contributed by atoms with van der Waals surface area (Å²) in [6.07, 6.45) is 1.51. The van der Waals surface area contributed by atoms with Gasteiger partial charge in [0.25, 0.3) is 0 Å². The fourth-order valence-corrected chi connectivity index (χ4v) is 3.77. The van der Waals surface area contributed by atoms with Gasteiger partial charge in [0, 0.05) is 25.6 Å². The lowest BCUT2D eigenvalue weighted by Crippen LogP contribution is -2.43. The van der Waals surface area contributed by atoms with Crippen LogP contribution in [0.1, 0.15) is 31.4 Å². The molecule has 2 aromatic carbocycles. The second kappa shape index (κ2) is 9.25. The second-order valence-corrected chi connectivity index (χ2v) is 7.69. The first-order valence-corrected chi connectivity index (χ1v) is 9.83. The van der Waals surface area contributed by atoms with Gasteiger partial charge in [0.1, 0.15) is 0 Å². The van der Waals surface area contributed by atoms with Crippen LogP contribution in [0, 0.1) is 5.92 Å². The van der Waals surface area contributed by atoms with Crippen LogP contribution in [0.3, 0.4) is 0 Å². The average Bonchev–Trinajstić information content (AvgIpc) is 2.66. The third kappa shape index (κ3) is 5.47. The summed E-state index contributed by atoms with van der Waals surface area (Å²) in [6.45, 7) is 6.80. The first-order valence-electron chi connectivity index (χ1n) is 9.83. The van der Waals surface area contributed by atoms with E-state index < -0.39 is 0 Å². The van der Waals surface area contributed by atoms with Crippen LogP contribution in [0.25, 0.3) is 0 Å². The van der Waals surface area contributed by atoms with Gasteiger partial charge in [-0.2, -0.15) is 0 Å². The van der Waals surface area contributed by atoms with Crippen molar-refractivity contribution in [3.63, 3.8) is 0 Å². The molecule has 4 heteroatoms. The third-order valence-corrected chi connectivity index (χ3v) is 5.12.